The van der Waals surface area contributed by atoms with Crippen molar-refractivity contribution in [3.63, 3.8) is 0 Å². The molecule has 0 aliphatic rings. The zero-order valence-corrected chi connectivity index (χ0v) is 11.2. The molecule has 0 bridgehead atoms. The number of nitrogens with zero attached hydrogens (tertiary/aromatic N) is 2. The minimum Gasteiger partial charge on any atom is -0.396 e. The molecule has 1 aromatic carbocycles. The zero-order chi connectivity index (χ0) is 13.0. The van der Waals surface area contributed by atoms with Gasteiger partial charge in [0.2, 0.25) is 0 Å². The fourth-order valence-corrected chi connectivity index (χ4v) is 2.33. The van der Waals surface area contributed by atoms with Crippen LogP contribution in [0.4, 0.5) is 11.4 Å². The number of rotatable bonds is 5. The van der Waals surface area contributed by atoms with Crippen molar-refractivity contribution in [1.29, 1.82) is 0 Å². The molecule has 3 heteroatoms. The molecule has 1 aromatic heterocycles. The largest absolute Gasteiger partial charge is 0.396 e. The van der Waals surface area contributed by atoms with Gasteiger partial charge in [0.15, 0.2) is 0 Å². The van der Waals surface area contributed by atoms with Crippen molar-refractivity contribution < 1.29 is 0 Å². The SMILES string of the molecule is CCCN(CCC)c1ccc2ncccc2c1N. The Morgan fingerprint density at radius 2 is 1.83 bits per heavy atom. The molecule has 18 heavy (non-hydrogen) atoms. The first kappa shape index (κ1) is 12.7. The number of anilines is 2. The summed E-state index contributed by atoms with van der Waals surface area (Å²) in [6.07, 6.45) is 4.06. The van der Waals surface area contributed by atoms with Gasteiger partial charge in [-0.05, 0) is 37.1 Å². The predicted molar refractivity (Wildman–Crippen MR) is 79.0 cm³/mol. The lowest BCUT2D eigenvalue weighted by atomic mass is 10.1. The number of nitrogens with two attached hydrogens (primary N) is 1. The van der Waals surface area contributed by atoms with E-state index in [2.05, 4.69) is 35.9 Å². The van der Waals surface area contributed by atoms with Crippen molar-refractivity contribution in [1.82, 2.24) is 4.98 Å². The van der Waals surface area contributed by atoms with E-state index in [9.17, 15) is 0 Å². The highest BCUT2D eigenvalue weighted by Crippen LogP contribution is 2.30. The van der Waals surface area contributed by atoms with Crippen molar-refractivity contribution in [2.24, 2.45) is 0 Å². The molecule has 0 radical (unpaired) electrons. The van der Waals surface area contributed by atoms with Crippen LogP contribution < -0.4 is 10.6 Å². The molecule has 0 aliphatic carbocycles. The van der Waals surface area contributed by atoms with E-state index in [0.717, 1.165) is 48.2 Å². The Bertz CT molecular complexity index is 516. The molecular weight excluding hydrogens is 222 g/mol. The third-order valence-electron chi connectivity index (χ3n) is 3.13. The molecule has 0 aliphatic heterocycles. The zero-order valence-electron chi connectivity index (χ0n) is 11.2. The predicted octanol–water partition coefficient (Wildman–Crippen LogP) is 3.44. The van der Waals surface area contributed by atoms with Crippen molar-refractivity contribution in [2.45, 2.75) is 26.7 Å². The average Bonchev–Trinajstić information content (AvgIpc) is 2.39. The van der Waals surface area contributed by atoms with E-state index in [1.54, 1.807) is 6.20 Å². The fraction of sp³-hybridized carbons (Fsp3) is 0.400. The van der Waals surface area contributed by atoms with Gasteiger partial charge in [0, 0.05) is 24.7 Å². The molecule has 96 valence electrons. The molecule has 0 unspecified atom stereocenters. The number of pyridine rings is 1. The highest BCUT2D eigenvalue weighted by atomic mass is 15.1. The summed E-state index contributed by atoms with van der Waals surface area (Å²) >= 11 is 0. The molecule has 0 saturated carbocycles. The van der Waals surface area contributed by atoms with Gasteiger partial charge in [-0.3, -0.25) is 4.98 Å². The molecule has 0 atom stereocenters. The molecule has 0 fully saturated rings. The second kappa shape index (κ2) is 5.71. The molecule has 3 nitrogen and oxygen atoms in total. The summed E-state index contributed by atoms with van der Waals surface area (Å²) in [7, 11) is 0. The van der Waals surface area contributed by atoms with Crippen LogP contribution in [0.5, 0.6) is 0 Å². The average molecular weight is 243 g/mol. The van der Waals surface area contributed by atoms with Crippen LogP contribution in [0, 0.1) is 0 Å². The maximum atomic E-state index is 6.30. The van der Waals surface area contributed by atoms with Gasteiger partial charge in [0.05, 0.1) is 16.9 Å². The van der Waals surface area contributed by atoms with Crippen LogP contribution in [0.3, 0.4) is 0 Å². The number of hydrogen-bond donors (Lipinski definition) is 1. The number of hydrogen-bond acceptors (Lipinski definition) is 3. The Labute approximate surface area is 109 Å². The number of nitrogen functional groups attached to an aromatic ring is 1. The summed E-state index contributed by atoms with van der Waals surface area (Å²) < 4.78 is 0. The van der Waals surface area contributed by atoms with Gasteiger partial charge in [0.25, 0.3) is 0 Å². The number of aromatic nitrogens is 1. The highest BCUT2D eigenvalue weighted by molar-refractivity contribution is 5.97. The van der Waals surface area contributed by atoms with Gasteiger partial charge in [-0.15, -0.1) is 0 Å². The Morgan fingerprint density at radius 3 is 2.50 bits per heavy atom. The maximum Gasteiger partial charge on any atom is 0.0724 e. The van der Waals surface area contributed by atoms with Gasteiger partial charge >= 0.3 is 0 Å². The second-order valence-electron chi connectivity index (χ2n) is 4.56. The van der Waals surface area contributed by atoms with Crippen LogP contribution in [0.1, 0.15) is 26.7 Å². The van der Waals surface area contributed by atoms with Crippen molar-refractivity contribution in [2.75, 3.05) is 23.7 Å². The van der Waals surface area contributed by atoms with E-state index in [-0.39, 0.29) is 0 Å². The van der Waals surface area contributed by atoms with Crippen LogP contribution in [-0.2, 0) is 0 Å². The highest BCUT2D eigenvalue weighted by Gasteiger charge is 2.10. The minimum atomic E-state index is 0.850. The molecule has 0 spiro atoms. The lowest BCUT2D eigenvalue weighted by Gasteiger charge is -2.25. The molecule has 0 saturated heterocycles. The third kappa shape index (κ3) is 2.40. The van der Waals surface area contributed by atoms with Crippen molar-refractivity contribution >= 4 is 22.3 Å². The van der Waals surface area contributed by atoms with E-state index < -0.39 is 0 Å². The molecule has 1 heterocycles. The standard InChI is InChI=1S/C15H21N3/c1-3-10-18(11-4-2)14-8-7-13-12(15(14)16)6-5-9-17-13/h5-9H,3-4,10-11,16H2,1-2H3. The first-order valence-electron chi connectivity index (χ1n) is 6.66. The van der Waals surface area contributed by atoms with Crippen molar-refractivity contribution in [3.8, 4) is 0 Å². The van der Waals surface area contributed by atoms with E-state index in [1.165, 1.54) is 0 Å². The van der Waals surface area contributed by atoms with Crippen LogP contribution in [0.15, 0.2) is 30.5 Å². The smallest absolute Gasteiger partial charge is 0.0724 e. The van der Waals surface area contributed by atoms with Gasteiger partial charge in [-0.1, -0.05) is 13.8 Å². The summed E-state index contributed by atoms with van der Waals surface area (Å²) in [5.41, 5.74) is 9.25. The quantitative estimate of drug-likeness (QED) is 0.818. The summed E-state index contributed by atoms with van der Waals surface area (Å²) in [6, 6.07) is 8.12. The van der Waals surface area contributed by atoms with Crippen LogP contribution in [0.2, 0.25) is 0 Å². The number of benzene rings is 1. The fourth-order valence-electron chi connectivity index (χ4n) is 2.33. The summed E-state index contributed by atoms with van der Waals surface area (Å²) in [5.74, 6) is 0. The second-order valence-corrected chi connectivity index (χ2v) is 4.56. The molecule has 0 amide bonds. The number of fused-ring (bicyclic) bond motifs is 1. The summed E-state index contributed by atoms with van der Waals surface area (Å²) in [5, 5.41) is 1.05. The summed E-state index contributed by atoms with van der Waals surface area (Å²) in [6.45, 7) is 6.48. The normalized spacial score (nSPS) is 10.8. The van der Waals surface area contributed by atoms with Crippen LogP contribution >= 0.6 is 0 Å². The molecule has 2 aromatic rings. The topological polar surface area (TPSA) is 42.2 Å². The molecule has 2 N–H and O–H groups in total. The van der Waals surface area contributed by atoms with Gasteiger partial charge in [-0.2, -0.15) is 0 Å². The lowest BCUT2D eigenvalue weighted by molar-refractivity contribution is 0.746. The monoisotopic (exact) mass is 243 g/mol. The van der Waals surface area contributed by atoms with E-state index in [4.69, 9.17) is 5.73 Å². The van der Waals surface area contributed by atoms with Crippen molar-refractivity contribution in [3.05, 3.63) is 30.5 Å². The summed E-state index contributed by atoms with van der Waals surface area (Å²) in [4.78, 5) is 6.70. The lowest BCUT2D eigenvalue weighted by Crippen LogP contribution is -2.25. The van der Waals surface area contributed by atoms with Crippen LogP contribution in [0.25, 0.3) is 10.9 Å². The Hall–Kier alpha value is -1.77. The molecule has 2 rings (SSSR count). The van der Waals surface area contributed by atoms with Gasteiger partial charge < -0.3 is 10.6 Å². The Balaban J connectivity index is 2.46. The Kier molecular flexibility index (Phi) is 4.03. The van der Waals surface area contributed by atoms with E-state index in [0.29, 0.717) is 0 Å². The van der Waals surface area contributed by atoms with Gasteiger partial charge in [-0.25, -0.2) is 0 Å². The van der Waals surface area contributed by atoms with Gasteiger partial charge in [0.1, 0.15) is 0 Å². The van der Waals surface area contributed by atoms with E-state index >= 15 is 0 Å². The third-order valence-corrected chi connectivity index (χ3v) is 3.13. The Morgan fingerprint density at radius 1 is 1.11 bits per heavy atom. The van der Waals surface area contributed by atoms with Crippen LogP contribution in [-0.4, -0.2) is 18.1 Å². The first-order valence-corrected chi connectivity index (χ1v) is 6.66. The first-order chi connectivity index (χ1) is 8.77. The van der Waals surface area contributed by atoms with E-state index in [1.807, 2.05) is 12.1 Å². The maximum absolute atomic E-state index is 6.30. The minimum absolute atomic E-state index is 0.850. The molecular formula is C15H21N3.